The van der Waals surface area contributed by atoms with Gasteiger partial charge in [-0.3, -0.25) is 0 Å². The predicted molar refractivity (Wildman–Crippen MR) is 56.7 cm³/mol. The van der Waals surface area contributed by atoms with E-state index in [2.05, 4.69) is 13.2 Å². The van der Waals surface area contributed by atoms with Crippen LogP contribution in [0.15, 0.2) is 24.8 Å². The third-order valence-electron chi connectivity index (χ3n) is 1.20. The SMILES string of the molecule is C=CCOOC(OC(C)(C)C)C(=C)C. The normalized spacial score (nSPS) is 13.7. The summed E-state index contributed by atoms with van der Waals surface area (Å²) in [5.74, 6) is 0. The number of hydrogen-bond donors (Lipinski definition) is 0. The fourth-order valence-electron chi connectivity index (χ4n) is 0.673. The topological polar surface area (TPSA) is 27.7 Å². The highest BCUT2D eigenvalue weighted by atomic mass is 17.2. The molecule has 3 heteroatoms. The summed E-state index contributed by atoms with van der Waals surface area (Å²) >= 11 is 0. The first kappa shape index (κ1) is 13.4. The van der Waals surface area contributed by atoms with Gasteiger partial charge in [0.25, 0.3) is 0 Å². The van der Waals surface area contributed by atoms with Gasteiger partial charge in [-0.1, -0.05) is 12.7 Å². The lowest BCUT2D eigenvalue weighted by Gasteiger charge is -2.26. The second-order valence-corrected chi connectivity index (χ2v) is 4.08. The Morgan fingerprint density at radius 2 is 2.00 bits per heavy atom. The zero-order valence-electron chi connectivity index (χ0n) is 9.50. The van der Waals surface area contributed by atoms with Crippen molar-refractivity contribution in [2.45, 2.75) is 39.6 Å². The van der Waals surface area contributed by atoms with E-state index in [0.717, 1.165) is 5.57 Å². The van der Waals surface area contributed by atoms with Crippen LogP contribution in [0, 0.1) is 0 Å². The summed E-state index contributed by atoms with van der Waals surface area (Å²) in [6.07, 6.45) is 1.07. The molecule has 1 atom stereocenters. The maximum absolute atomic E-state index is 5.56. The van der Waals surface area contributed by atoms with Crippen molar-refractivity contribution in [3.8, 4) is 0 Å². The maximum Gasteiger partial charge on any atom is 0.213 e. The Bertz CT molecular complexity index is 191. The molecule has 14 heavy (non-hydrogen) atoms. The molecule has 0 N–H and O–H groups in total. The van der Waals surface area contributed by atoms with Crippen LogP contribution in [0.2, 0.25) is 0 Å². The molecule has 0 fully saturated rings. The van der Waals surface area contributed by atoms with E-state index >= 15 is 0 Å². The average molecular weight is 200 g/mol. The summed E-state index contributed by atoms with van der Waals surface area (Å²) in [6, 6.07) is 0. The molecule has 0 heterocycles. The standard InChI is InChI=1S/C11H20O3/c1-7-8-12-14-10(9(2)3)13-11(4,5)6/h7,10H,1-2,8H2,3-6H3. The van der Waals surface area contributed by atoms with E-state index in [1.807, 2.05) is 27.7 Å². The van der Waals surface area contributed by atoms with Crippen molar-refractivity contribution < 1.29 is 14.5 Å². The largest absolute Gasteiger partial charge is 0.341 e. The first-order chi connectivity index (χ1) is 6.37. The number of ether oxygens (including phenoxy) is 1. The van der Waals surface area contributed by atoms with E-state index in [9.17, 15) is 0 Å². The van der Waals surface area contributed by atoms with Crippen LogP contribution in [0.1, 0.15) is 27.7 Å². The van der Waals surface area contributed by atoms with Crippen LogP contribution >= 0.6 is 0 Å². The fourth-order valence-corrected chi connectivity index (χ4v) is 0.673. The summed E-state index contributed by atoms with van der Waals surface area (Å²) in [5.41, 5.74) is 0.477. The van der Waals surface area contributed by atoms with Gasteiger partial charge in [-0.25, -0.2) is 4.89 Å². The minimum absolute atomic E-state index is 0.291. The molecule has 0 aromatic carbocycles. The Morgan fingerprint density at radius 3 is 2.36 bits per heavy atom. The van der Waals surface area contributed by atoms with E-state index in [0.29, 0.717) is 6.61 Å². The lowest BCUT2D eigenvalue weighted by atomic mass is 10.2. The van der Waals surface area contributed by atoms with E-state index in [1.165, 1.54) is 0 Å². The molecule has 0 saturated carbocycles. The molecule has 0 aliphatic rings. The van der Waals surface area contributed by atoms with Crippen LogP contribution in [-0.4, -0.2) is 18.5 Å². The van der Waals surface area contributed by atoms with Crippen LogP contribution < -0.4 is 0 Å². The van der Waals surface area contributed by atoms with Crippen molar-refractivity contribution in [3.63, 3.8) is 0 Å². The molecule has 0 saturated heterocycles. The molecule has 1 unspecified atom stereocenters. The average Bonchev–Trinajstić information content (AvgIpc) is 2.00. The maximum atomic E-state index is 5.56. The molecule has 0 aromatic heterocycles. The van der Waals surface area contributed by atoms with Gasteiger partial charge in [0.1, 0.15) is 6.61 Å². The van der Waals surface area contributed by atoms with Crippen LogP contribution in [0.4, 0.5) is 0 Å². The van der Waals surface area contributed by atoms with Gasteiger partial charge in [0.2, 0.25) is 6.29 Å². The van der Waals surface area contributed by atoms with E-state index in [1.54, 1.807) is 6.08 Å². The minimum atomic E-state index is -0.532. The Kier molecular flexibility index (Phi) is 5.69. The van der Waals surface area contributed by atoms with Crippen LogP contribution in [0.5, 0.6) is 0 Å². The Labute approximate surface area is 86.3 Å². The predicted octanol–water partition coefficient (Wildman–Crippen LogP) is 2.84. The van der Waals surface area contributed by atoms with Crippen molar-refractivity contribution in [2.75, 3.05) is 6.61 Å². The van der Waals surface area contributed by atoms with Gasteiger partial charge in [0.05, 0.1) is 5.60 Å². The van der Waals surface area contributed by atoms with Crippen LogP contribution in [0.25, 0.3) is 0 Å². The van der Waals surface area contributed by atoms with Crippen LogP contribution in [0.3, 0.4) is 0 Å². The van der Waals surface area contributed by atoms with Gasteiger partial charge in [-0.05, 0) is 33.3 Å². The summed E-state index contributed by atoms with van der Waals surface area (Å²) in [5, 5.41) is 0. The van der Waals surface area contributed by atoms with Crippen molar-refractivity contribution in [1.82, 2.24) is 0 Å². The third-order valence-corrected chi connectivity index (χ3v) is 1.20. The molecular formula is C11H20O3. The van der Waals surface area contributed by atoms with Crippen LogP contribution in [-0.2, 0) is 14.5 Å². The second kappa shape index (κ2) is 5.96. The van der Waals surface area contributed by atoms with Crippen molar-refractivity contribution >= 4 is 0 Å². The molecule has 82 valence electrons. The molecule has 0 bridgehead atoms. The molecular weight excluding hydrogens is 180 g/mol. The molecule has 3 nitrogen and oxygen atoms in total. The minimum Gasteiger partial charge on any atom is -0.341 e. The fraction of sp³-hybridized carbons (Fsp3) is 0.636. The highest BCUT2D eigenvalue weighted by molar-refractivity contribution is 4.93. The van der Waals surface area contributed by atoms with E-state index in [-0.39, 0.29) is 5.60 Å². The second-order valence-electron chi connectivity index (χ2n) is 4.08. The molecule has 0 spiro atoms. The highest BCUT2D eigenvalue weighted by Crippen LogP contribution is 2.16. The molecule has 0 amide bonds. The highest BCUT2D eigenvalue weighted by Gasteiger charge is 2.20. The van der Waals surface area contributed by atoms with Gasteiger partial charge in [0, 0.05) is 0 Å². The lowest BCUT2D eigenvalue weighted by Crippen LogP contribution is -2.30. The van der Waals surface area contributed by atoms with E-state index < -0.39 is 6.29 Å². The Hall–Kier alpha value is -0.640. The summed E-state index contributed by atoms with van der Waals surface area (Å²) < 4.78 is 5.56. The molecule has 0 aliphatic carbocycles. The van der Waals surface area contributed by atoms with Gasteiger partial charge < -0.3 is 4.74 Å². The third kappa shape index (κ3) is 6.83. The summed E-state index contributed by atoms with van der Waals surface area (Å²) in [6.45, 7) is 15.3. The van der Waals surface area contributed by atoms with Crippen molar-refractivity contribution in [3.05, 3.63) is 24.8 Å². The summed E-state index contributed by atoms with van der Waals surface area (Å²) in [4.78, 5) is 9.88. The molecule has 0 radical (unpaired) electrons. The molecule has 0 rings (SSSR count). The summed E-state index contributed by atoms with van der Waals surface area (Å²) in [7, 11) is 0. The first-order valence-corrected chi connectivity index (χ1v) is 4.59. The first-order valence-electron chi connectivity index (χ1n) is 4.59. The van der Waals surface area contributed by atoms with Crippen molar-refractivity contribution in [2.24, 2.45) is 0 Å². The zero-order chi connectivity index (χ0) is 11.2. The van der Waals surface area contributed by atoms with Gasteiger partial charge in [0.15, 0.2) is 0 Å². The van der Waals surface area contributed by atoms with Crippen molar-refractivity contribution in [1.29, 1.82) is 0 Å². The Morgan fingerprint density at radius 1 is 1.43 bits per heavy atom. The zero-order valence-corrected chi connectivity index (χ0v) is 9.50. The van der Waals surface area contributed by atoms with Gasteiger partial charge in [-0.15, -0.1) is 6.58 Å². The Balaban J connectivity index is 4.03. The lowest BCUT2D eigenvalue weighted by molar-refractivity contribution is -0.374. The van der Waals surface area contributed by atoms with Gasteiger partial charge in [-0.2, -0.15) is 4.89 Å². The monoisotopic (exact) mass is 200 g/mol. The number of rotatable bonds is 6. The quantitative estimate of drug-likeness (QED) is 0.217. The number of hydrogen-bond acceptors (Lipinski definition) is 3. The molecule has 0 aromatic rings. The smallest absolute Gasteiger partial charge is 0.213 e. The molecule has 0 aliphatic heterocycles. The van der Waals surface area contributed by atoms with E-state index in [4.69, 9.17) is 14.5 Å². The van der Waals surface area contributed by atoms with Gasteiger partial charge >= 0.3 is 0 Å².